The average Bonchev–Trinajstić information content (AvgIpc) is 3.11. The molecule has 4 rings (SSSR count). The monoisotopic (exact) mass is 602 g/mol. The second-order valence-electron chi connectivity index (χ2n) is 10.3. The van der Waals surface area contributed by atoms with Crippen molar-refractivity contribution in [3.8, 4) is 0 Å². The maximum Gasteiger partial charge on any atom is 0.115 e. The molecule has 0 aliphatic carbocycles. The molecule has 0 spiro atoms. The molecule has 1 unspecified atom stereocenters. The van der Waals surface area contributed by atoms with Crippen LogP contribution in [0.2, 0.25) is 0 Å². The number of ether oxygens (including phenoxy) is 6. The molecule has 4 aromatic carbocycles. The van der Waals surface area contributed by atoms with Crippen LogP contribution in [0.5, 0.6) is 0 Å². The van der Waals surface area contributed by atoms with E-state index in [1.807, 2.05) is 121 Å². The minimum atomic E-state index is -0.640. The topological polar surface area (TPSA) is 55.4 Å². The van der Waals surface area contributed by atoms with Gasteiger partial charge in [-0.15, -0.1) is 0 Å². The number of hydrogen-bond donors (Lipinski definition) is 0. The van der Waals surface area contributed by atoms with Gasteiger partial charge in [0, 0.05) is 16.0 Å². The van der Waals surface area contributed by atoms with Crippen LogP contribution in [0.15, 0.2) is 121 Å². The Balaban J connectivity index is 1.68. The summed E-state index contributed by atoms with van der Waals surface area (Å²) >= 11 is 0. The first-order chi connectivity index (χ1) is 22.8. The fourth-order valence-electron chi connectivity index (χ4n) is 4.79. The Kier molecular flexibility index (Phi) is 13.8. The van der Waals surface area contributed by atoms with Crippen molar-refractivity contribution >= 4 is 0 Å². The molecule has 0 N–H and O–H groups in total. The van der Waals surface area contributed by atoms with Crippen molar-refractivity contribution < 1.29 is 31.2 Å². The van der Waals surface area contributed by atoms with Crippen LogP contribution in [0.25, 0.3) is 0 Å². The second kappa shape index (κ2) is 19.8. The van der Waals surface area contributed by atoms with Gasteiger partial charge in [-0.1, -0.05) is 121 Å². The Bertz CT molecular complexity index is 1200. The molecule has 0 saturated heterocycles. The molecule has 4 atom stereocenters. The van der Waals surface area contributed by atoms with E-state index in [9.17, 15) is 0 Å². The molecular weight excluding hydrogens is 552 g/mol. The molecule has 234 valence electrons. The summed E-state index contributed by atoms with van der Waals surface area (Å²) in [6, 6.07) is 39.9. The Morgan fingerprint density at radius 2 is 0.727 bits per heavy atom. The SMILES string of the molecule is [3H]CCOC[C@@H](OCc1ccccc1)C(OCc1ccccc1)[C@H](OCc1ccccc1)[C@@H](COCC[3H])OCc1ccccc1. The molecule has 0 aliphatic heterocycles. The number of benzene rings is 4. The minimum absolute atomic E-state index is 0.138. The summed E-state index contributed by atoms with van der Waals surface area (Å²) < 4.78 is 53.9. The van der Waals surface area contributed by atoms with Gasteiger partial charge in [-0.05, 0) is 36.1 Å². The molecule has 6 nitrogen and oxygen atoms in total. The lowest BCUT2D eigenvalue weighted by molar-refractivity contribution is -0.206. The lowest BCUT2D eigenvalue weighted by Gasteiger charge is -2.37. The zero-order valence-electron chi connectivity index (χ0n) is 27.4. The lowest BCUT2D eigenvalue weighted by atomic mass is 10.0. The summed E-state index contributed by atoms with van der Waals surface area (Å²) in [5.74, 6) is 0. The van der Waals surface area contributed by atoms with Gasteiger partial charge in [0.15, 0.2) is 0 Å². The Morgan fingerprint density at radius 3 is 1.02 bits per heavy atom. The van der Waals surface area contributed by atoms with E-state index in [4.69, 9.17) is 31.2 Å². The second-order valence-corrected chi connectivity index (χ2v) is 10.3. The van der Waals surface area contributed by atoms with Crippen LogP contribution in [0.4, 0.5) is 0 Å². The standard InChI is InChI=1S/C38H46O6/c1-3-39-29-35(41-25-31-17-9-5-10-18-31)37(43-27-33-21-13-7-14-22-33)38(44-28-34-23-15-8-16-24-34)36(30-40-4-2)42-26-32-19-11-6-12-20-32/h5-24,35-38H,3-4,25-30H2,1-2H3/t35-,36-,37-,38?/m1/s1/i1T,2T. The van der Waals surface area contributed by atoms with Crippen molar-refractivity contribution in [2.75, 3.05) is 26.4 Å². The molecule has 6 heteroatoms. The van der Waals surface area contributed by atoms with Crippen molar-refractivity contribution in [3.63, 3.8) is 0 Å². The third kappa shape index (κ3) is 11.6. The molecule has 0 saturated carbocycles. The fourth-order valence-corrected chi connectivity index (χ4v) is 4.79. The number of rotatable bonds is 21. The van der Waals surface area contributed by atoms with Crippen LogP contribution >= 0.6 is 0 Å². The van der Waals surface area contributed by atoms with Gasteiger partial charge < -0.3 is 28.4 Å². The highest BCUT2D eigenvalue weighted by Crippen LogP contribution is 2.24. The molecule has 0 heterocycles. The summed E-state index contributed by atoms with van der Waals surface area (Å²) in [6.07, 6.45) is -2.40. The molecule has 4 aromatic rings. The molecule has 0 aromatic heterocycles. The van der Waals surface area contributed by atoms with Gasteiger partial charge >= 0.3 is 0 Å². The van der Waals surface area contributed by atoms with Gasteiger partial charge in [-0.25, -0.2) is 0 Å². The quantitative estimate of drug-likeness (QED) is 0.0927. The Morgan fingerprint density at radius 1 is 0.432 bits per heavy atom. The van der Waals surface area contributed by atoms with E-state index in [-0.39, 0.29) is 40.2 Å². The van der Waals surface area contributed by atoms with Gasteiger partial charge in [-0.2, -0.15) is 0 Å². The molecule has 0 amide bonds. The maximum atomic E-state index is 7.66. The van der Waals surface area contributed by atoms with Crippen molar-refractivity contribution in [3.05, 3.63) is 144 Å². The van der Waals surface area contributed by atoms with E-state index in [0.29, 0.717) is 26.4 Å². The molecule has 0 aliphatic rings. The van der Waals surface area contributed by atoms with Crippen LogP contribution < -0.4 is 0 Å². The van der Waals surface area contributed by atoms with E-state index >= 15 is 0 Å². The predicted molar refractivity (Wildman–Crippen MR) is 173 cm³/mol. The predicted octanol–water partition coefficient (Wildman–Crippen LogP) is 7.40. The van der Waals surface area contributed by atoms with Crippen molar-refractivity contribution in [2.24, 2.45) is 0 Å². The zero-order valence-corrected chi connectivity index (χ0v) is 25.4. The van der Waals surface area contributed by atoms with E-state index < -0.39 is 24.4 Å². The van der Waals surface area contributed by atoms with Crippen LogP contribution in [0.1, 0.15) is 38.8 Å². The summed E-state index contributed by atoms with van der Waals surface area (Å²) in [5.41, 5.74) is 4.06. The first kappa shape index (κ1) is 30.7. The van der Waals surface area contributed by atoms with E-state index in [1.54, 1.807) is 0 Å². The van der Waals surface area contributed by atoms with Gasteiger partial charge in [0.1, 0.15) is 24.4 Å². The van der Waals surface area contributed by atoms with Gasteiger partial charge in [0.2, 0.25) is 0 Å². The van der Waals surface area contributed by atoms with Crippen molar-refractivity contribution in [1.29, 1.82) is 0 Å². The summed E-state index contributed by atoms with van der Waals surface area (Å²) in [7, 11) is 0. The normalized spacial score (nSPS) is 14.7. The van der Waals surface area contributed by atoms with Crippen molar-refractivity contribution in [2.45, 2.75) is 64.6 Å². The van der Waals surface area contributed by atoms with Crippen LogP contribution in [0, 0.1) is 0 Å². The smallest absolute Gasteiger partial charge is 0.115 e. The maximum absolute atomic E-state index is 7.66. The number of hydrogen-bond acceptors (Lipinski definition) is 6. The van der Waals surface area contributed by atoms with E-state index in [1.165, 1.54) is 0 Å². The lowest BCUT2D eigenvalue weighted by Crippen LogP contribution is -2.52. The molecule has 44 heavy (non-hydrogen) atoms. The summed E-state index contributed by atoms with van der Waals surface area (Å²) in [6.45, 7) is 2.55. The first-order valence-electron chi connectivity index (χ1n) is 16.5. The van der Waals surface area contributed by atoms with Crippen molar-refractivity contribution in [1.82, 2.24) is 0 Å². The third-order valence-corrected chi connectivity index (χ3v) is 7.09. The zero-order chi connectivity index (χ0) is 32.1. The first-order valence-corrected chi connectivity index (χ1v) is 15.1. The molecule has 0 bridgehead atoms. The fraction of sp³-hybridized carbons (Fsp3) is 0.368. The van der Waals surface area contributed by atoms with Gasteiger partial charge in [-0.3, -0.25) is 0 Å². The van der Waals surface area contributed by atoms with E-state index in [0.717, 1.165) is 22.3 Å². The summed E-state index contributed by atoms with van der Waals surface area (Å²) in [4.78, 5) is 0. The van der Waals surface area contributed by atoms with Crippen LogP contribution in [0.3, 0.4) is 0 Å². The van der Waals surface area contributed by atoms with Gasteiger partial charge in [0.25, 0.3) is 0 Å². The minimum Gasteiger partial charge on any atom is -0.379 e. The summed E-state index contributed by atoms with van der Waals surface area (Å²) in [5, 5.41) is 0. The average molecular weight is 603 g/mol. The van der Waals surface area contributed by atoms with E-state index in [2.05, 4.69) is 0 Å². The third-order valence-electron chi connectivity index (χ3n) is 7.09. The molecular formula is C38H46O6. The Labute approximate surface area is 265 Å². The highest BCUT2D eigenvalue weighted by Gasteiger charge is 2.39. The molecule has 0 radical (unpaired) electrons. The Hall–Kier alpha value is -3.36. The highest BCUT2D eigenvalue weighted by molar-refractivity contribution is 5.16. The highest BCUT2D eigenvalue weighted by atomic mass is 16.6. The van der Waals surface area contributed by atoms with Crippen LogP contribution in [-0.2, 0) is 54.8 Å². The largest absolute Gasteiger partial charge is 0.379 e. The van der Waals surface area contributed by atoms with Gasteiger partial charge in [0.05, 0.1) is 39.6 Å². The van der Waals surface area contributed by atoms with Crippen LogP contribution in [-0.4, -0.2) is 50.8 Å². The molecule has 0 fully saturated rings.